The predicted molar refractivity (Wildman–Crippen MR) is 56.2 cm³/mol. The highest BCUT2D eigenvalue weighted by Gasteiger charge is 2.08. The number of rotatable bonds is 4. The van der Waals surface area contributed by atoms with E-state index in [1.165, 1.54) is 0 Å². The van der Waals surface area contributed by atoms with Crippen molar-refractivity contribution in [3.8, 4) is 11.5 Å². The highest BCUT2D eigenvalue weighted by Crippen LogP contribution is 2.18. The molecule has 5 heteroatoms. The SMILES string of the molecule is CCc1cc(-c2cnc(CCN)[nH]2)on1. The zero-order chi connectivity index (χ0) is 10.7. The summed E-state index contributed by atoms with van der Waals surface area (Å²) in [7, 11) is 0. The summed E-state index contributed by atoms with van der Waals surface area (Å²) >= 11 is 0. The van der Waals surface area contributed by atoms with Gasteiger partial charge >= 0.3 is 0 Å². The van der Waals surface area contributed by atoms with Gasteiger partial charge < -0.3 is 15.2 Å². The minimum absolute atomic E-state index is 0.587. The average molecular weight is 206 g/mol. The van der Waals surface area contributed by atoms with Crippen LogP contribution in [0, 0.1) is 0 Å². The second kappa shape index (κ2) is 4.27. The van der Waals surface area contributed by atoms with Crippen LogP contribution in [0.3, 0.4) is 0 Å². The van der Waals surface area contributed by atoms with Gasteiger partial charge in [0.15, 0.2) is 5.76 Å². The molecule has 0 amide bonds. The molecule has 0 saturated heterocycles. The number of hydrogen-bond donors (Lipinski definition) is 2. The molecule has 0 unspecified atom stereocenters. The molecule has 5 nitrogen and oxygen atoms in total. The lowest BCUT2D eigenvalue weighted by Crippen LogP contribution is -2.03. The van der Waals surface area contributed by atoms with E-state index in [0.29, 0.717) is 6.54 Å². The molecule has 2 heterocycles. The monoisotopic (exact) mass is 206 g/mol. The molecule has 0 aliphatic carbocycles. The maximum Gasteiger partial charge on any atom is 0.184 e. The first kappa shape index (κ1) is 9.92. The molecule has 0 atom stereocenters. The Morgan fingerprint density at radius 1 is 1.53 bits per heavy atom. The maximum atomic E-state index is 5.44. The molecular weight excluding hydrogens is 192 g/mol. The van der Waals surface area contributed by atoms with Crippen molar-refractivity contribution in [1.82, 2.24) is 15.1 Å². The van der Waals surface area contributed by atoms with E-state index in [-0.39, 0.29) is 0 Å². The lowest BCUT2D eigenvalue weighted by molar-refractivity contribution is 0.423. The molecular formula is C10H14N4O. The predicted octanol–water partition coefficient (Wildman–Crippen LogP) is 1.13. The summed E-state index contributed by atoms with van der Waals surface area (Å²) in [5, 5.41) is 3.92. The van der Waals surface area contributed by atoms with E-state index in [1.807, 2.05) is 13.0 Å². The lowest BCUT2D eigenvalue weighted by Gasteiger charge is -1.90. The first-order valence-electron chi connectivity index (χ1n) is 5.03. The summed E-state index contributed by atoms with van der Waals surface area (Å²) in [5.41, 5.74) is 7.24. The van der Waals surface area contributed by atoms with Crippen molar-refractivity contribution in [3.05, 3.63) is 23.8 Å². The molecule has 0 spiro atoms. The standard InChI is InChI=1S/C10H14N4O/c1-2-7-5-9(15-14-7)8-6-12-10(13-8)3-4-11/h5-6H,2-4,11H2,1H3,(H,12,13). The van der Waals surface area contributed by atoms with Crippen LogP contribution in [0.1, 0.15) is 18.4 Å². The van der Waals surface area contributed by atoms with Crippen molar-refractivity contribution >= 4 is 0 Å². The average Bonchev–Trinajstić information content (AvgIpc) is 2.85. The maximum absolute atomic E-state index is 5.44. The van der Waals surface area contributed by atoms with Crippen LogP contribution in [-0.2, 0) is 12.8 Å². The highest BCUT2D eigenvalue weighted by molar-refractivity contribution is 5.51. The molecule has 3 N–H and O–H groups in total. The number of aromatic nitrogens is 3. The van der Waals surface area contributed by atoms with Crippen molar-refractivity contribution in [2.75, 3.05) is 6.54 Å². The minimum atomic E-state index is 0.587. The minimum Gasteiger partial charge on any atom is -0.354 e. The van der Waals surface area contributed by atoms with Gasteiger partial charge in [-0.1, -0.05) is 12.1 Å². The normalized spacial score (nSPS) is 10.8. The number of aromatic amines is 1. The van der Waals surface area contributed by atoms with Crippen LogP contribution in [0.2, 0.25) is 0 Å². The Morgan fingerprint density at radius 3 is 3.07 bits per heavy atom. The number of nitrogens with two attached hydrogens (primary N) is 1. The molecule has 0 aliphatic heterocycles. The van der Waals surface area contributed by atoms with E-state index in [9.17, 15) is 0 Å². The third-order valence-corrected chi connectivity index (χ3v) is 2.20. The molecule has 2 aromatic rings. The summed E-state index contributed by atoms with van der Waals surface area (Å²) in [6, 6.07) is 1.92. The first-order chi connectivity index (χ1) is 7.33. The fourth-order valence-corrected chi connectivity index (χ4v) is 1.36. The number of nitrogens with one attached hydrogen (secondary N) is 1. The van der Waals surface area contributed by atoms with Gasteiger partial charge in [0, 0.05) is 12.5 Å². The molecule has 0 bridgehead atoms. The van der Waals surface area contributed by atoms with Crippen molar-refractivity contribution in [2.45, 2.75) is 19.8 Å². The van der Waals surface area contributed by atoms with Gasteiger partial charge in [-0.2, -0.15) is 0 Å². The van der Waals surface area contributed by atoms with Crippen LogP contribution in [0.4, 0.5) is 0 Å². The zero-order valence-corrected chi connectivity index (χ0v) is 8.66. The van der Waals surface area contributed by atoms with Gasteiger partial charge in [0.2, 0.25) is 0 Å². The quantitative estimate of drug-likeness (QED) is 0.785. The third kappa shape index (κ3) is 2.07. The Balaban J connectivity index is 2.21. The van der Waals surface area contributed by atoms with E-state index in [2.05, 4.69) is 15.1 Å². The molecule has 0 aromatic carbocycles. The van der Waals surface area contributed by atoms with Gasteiger partial charge in [-0.05, 0) is 13.0 Å². The van der Waals surface area contributed by atoms with Crippen molar-refractivity contribution in [2.24, 2.45) is 5.73 Å². The Hall–Kier alpha value is -1.62. The smallest absolute Gasteiger partial charge is 0.184 e. The van der Waals surface area contributed by atoms with Gasteiger partial charge in [0.05, 0.1) is 11.9 Å². The van der Waals surface area contributed by atoms with E-state index < -0.39 is 0 Å². The molecule has 0 radical (unpaired) electrons. The summed E-state index contributed by atoms with van der Waals surface area (Å²) in [4.78, 5) is 7.34. The van der Waals surface area contributed by atoms with Gasteiger partial charge in [0.25, 0.3) is 0 Å². The Bertz CT molecular complexity index is 432. The van der Waals surface area contributed by atoms with Crippen LogP contribution in [0.5, 0.6) is 0 Å². The second-order valence-electron chi connectivity index (χ2n) is 3.32. The van der Waals surface area contributed by atoms with Crippen LogP contribution in [0.25, 0.3) is 11.5 Å². The molecule has 2 rings (SSSR count). The van der Waals surface area contributed by atoms with E-state index >= 15 is 0 Å². The molecule has 0 aliphatic rings. The Labute approximate surface area is 87.7 Å². The van der Waals surface area contributed by atoms with E-state index in [4.69, 9.17) is 10.3 Å². The van der Waals surface area contributed by atoms with Crippen LogP contribution >= 0.6 is 0 Å². The number of H-pyrrole nitrogens is 1. The van der Waals surface area contributed by atoms with Gasteiger partial charge in [0.1, 0.15) is 11.5 Å². The number of nitrogens with zero attached hydrogens (tertiary/aromatic N) is 2. The summed E-state index contributed by atoms with van der Waals surface area (Å²) in [6.45, 7) is 2.62. The van der Waals surface area contributed by atoms with Gasteiger partial charge in [-0.25, -0.2) is 4.98 Å². The lowest BCUT2D eigenvalue weighted by atomic mass is 10.3. The van der Waals surface area contributed by atoms with Crippen LogP contribution in [-0.4, -0.2) is 21.7 Å². The van der Waals surface area contributed by atoms with Crippen molar-refractivity contribution < 1.29 is 4.52 Å². The van der Waals surface area contributed by atoms with E-state index in [0.717, 1.165) is 35.8 Å². The largest absolute Gasteiger partial charge is 0.354 e. The topological polar surface area (TPSA) is 80.7 Å². The van der Waals surface area contributed by atoms with Crippen LogP contribution in [0.15, 0.2) is 16.8 Å². The number of imidazole rings is 1. The Morgan fingerprint density at radius 2 is 2.40 bits per heavy atom. The number of aryl methyl sites for hydroxylation is 1. The fraction of sp³-hybridized carbons (Fsp3) is 0.400. The van der Waals surface area contributed by atoms with Gasteiger partial charge in [-0.3, -0.25) is 0 Å². The van der Waals surface area contributed by atoms with Crippen molar-refractivity contribution in [1.29, 1.82) is 0 Å². The van der Waals surface area contributed by atoms with E-state index in [1.54, 1.807) is 6.20 Å². The summed E-state index contributed by atoms with van der Waals surface area (Å²) < 4.78 is 5.18. The zero-order valence-electron chi connectivity index (χ0n) is 8.66. The Kier molecular flexibility index (Phi) is 2.82. The third-order valence-electron chi connectivity index (χ3n) is 2.20. The first-order valence-corrected chi connectivity index (χ1v) is 5.03. The molecule has 80 valence electrons. The fourth-order valence-electron chi connectivity index (χ4n) is 1.36. The number of hydrogen-bond acceptors (Lipinski definition) is 4. The molecule has 2 aromatic heterocycles. The summed E-state index contributed by atoms with van der Waals surface area (Å²) in [5.74, 6) is 1.60. The summed E-state index contributed by atoms with van der Waals surface area (Å²) in [6.07, 6.45) is 3.35. The van der Waals surface area contributed by atoms with Gasteiger partial charge in [-0.15, -0.1) is 0 Å². The van der Waals surface area contributed by atoms with Crippen molar-refractivity contribution in [3.63, 3.8) is 0 Å². The van der Waals surface area contributed by atoms with Crippen LogP contribution < -0.4 is 5.73 Å². The molecule has 0 saturated carbocycles. The molecule has 15 heavy (non-hydrogen) atoms. The second-order valence-corrected chi connectivity index (χ2v) is 3.32. The molecule has 0 fully saturated rings. The highest BCUT2D eigenvalue weighted by atomic mass is 16.5.